The van der Waals surface area contributed by atoms with Gasteiger partial charge < -0.3 is 115 Å². The number of aliphatic hydroxyl groups is 9. The minimum Gasteiger partial charge on any atom is -0.479 e. The van der Waals surface area contributed by atoms with Crippen molar-refractivity contribution in [3.8, 4) is 0 Å². The van der Waals surface area contributed by atoms with E-state index in [2.05, 4.69) is 24.3 Å². The quantitative estimate of drug-likeness (QED) is 0.0448. The Morgan fingerprint density at radius 3 is 1.09 bits per heavy atom. The van der Waals surface area contributed by atoms with Gasteiger partial charge in [-0.15, -0.1) is 0 Å². The maximum absolute atomic E-state index is 12.9. The Kier molecular flexibility index (Phi) is 22.3. The number of carbonyl (C=O) groups is 5. The molecule has 25 atom stereocenters. The molecule has 0 saturated carbocycles. The van der Waals surface area contributed by atoms with Gasteiger partial charge in [0.25, 0.3) is 0 Å². The molecule has 5 heterocycles. The fraction of sp³-hybridized carbons (Fsp3) is 0.861. The Hall–Kier alpha value is -3.76. The van der Waals surface area contributed by atoms with Gasteiger partial charge in [-0.2, -0.15) is 25.3 Å². The first-order valence-corrected chi connectivity index (χ1v) is 26.6. The molecule has 456 valence electrons. The Morgan fingerprint density at radius 2 is 0.722 bits per heavy atom. The molecule has 0 aromatic carbocycles. The lowest BCUT2D eigenvalue weighted by Crippen LogP contribution is -2.71. The predicted octanol–water partition coefficient (Wildman–Crippen LogP) is -11.8. The van der Waals surface area contributed by atoms with Gasteiger partial charge in [-0.25, -0.2) is 22.1 Å². The number of hydrogen-bond donors (Lipinski definition) is 17. The van der Waals surface area contributed by atoms with Crippen molar-refractivity contribution in [2.45, 2.75) is 174 Å². The topological polar surface area (TPSA) is 618 Å². The van der Waals surface area contributed by atoms with Gasteiger partial charge in [-0.05, 0) is 0 Å². The molecule has 0 aliphatic carbocycles. The van der Waals surface area contributed by atoms with Gasteiger partial charge in [0.1, 0.15) is 110 Å². The summed E-state index contributed by atoms with van der Waals surface area (Å²) >= 11 is 0. The third-order valence-electron chi connectivity index (χ3n) is 12.1. The number of aliphatic hydroxyl groups excluding tert-OH is 9. The third-order valence-corrected chi connectivity index (χ3v) is 13.5. The number of hydrogen-bond acceptors (Lipinski definition) is 32. The number of nitrogens with one attached hydrogen (secondary N) is 3. The molecule has 0 radical (unpaired) electrons. The van der Waals surface area contributed by atoms with E-state index in [0.717, 1.165) is 20.8 Å². The van der Waals surface area contributed by atoms with Crippen LogP contribution in [-0.4, -0.2) is 298 Å². The largest absolute Gasteiger partial charge is 0.479 e. The Bertz CT molecular complexity index is 2500. The van der Waals surface area contributed by atoms with Crippen LogP contribution in [-0.2, 0) is 110 Å². The van der Waals surface area contributed by atoms with Crippen molar-refractivity contribution >= 4 is 60.9 Å². The molecule has 17 N–H and O–H groups in total. The molecule has 40 nitrogen and oxygen atoms in total. The molecule has 0 aromatic heterocycles. The van der Waals surface area contributed by atoms with Crippen molar-refractivity contribution in [3.63, 3.8) is 0 Å². The summed E-state index contributed by atoms with van der Waals surface area (Å²) in [4.78, 5) is 62.8. The summed E-state index contributed by atoms with van der Waals surface area (Å²) in [7, 11) is -16.7. The fourth-order valence-electron chi connectivity index (χ4n) is 8.90. The fourth-order valence-corrected chi connectivity index (χ4v) is 10.4. The third kappa shape index (κ3) is 16.5. The average molecular weight is 1220 g/mol. The standard InChI is InChI=1S/C36H57N3O37S3/c1-7(43)37-13-16(46)21(74-77(56,57)58)10(4-40)66-33(13)70-26-17(47)20(50)36(73-28(26)30(51)52)69-25-15(39-9(3)45)34(67-12(6-42)23(25)76-79(62,63)64)71-27-18(48)19(49)35(72-29(27)31(53)54)68-24-14(38-8(2)44)32(55)65-11(5-41)22(24)75-78(59,60)61/h10-29,32-36,40-42,46-50,55H,4-6H2,1-3H3,(H,37,43)(H,38,44)(H,39,45)(H,51,52)(H,53,54)(H,56,57,58)(H,59,60,61)(H,62,63,64)/t10-,11-,12-,13-,14-,15-,16-,17-,18-,19-,20-,21+,22+,23+,24-,25-,26+,27+,28+,29+,32?,33+,34+,35+,36+/m1/s1. The SMILES string of the molecule is CC(=O)N[C@H]1[C@H](O[C@H]2[C@H](O)[C@@H](O)[C@@H](O[C@@H]3[C@@H](NC(C)=O)[C@H](O[C@H]4[C@H](O)[C@@H](O)[C@@H](O[C@H]5[C@@H](OS(=O)(=O)O)[C@@H](CO)OC(O)[C@@H]5NC(C)=O)O[C@@H]4C(=O)O)O[C@H](CO)[C@@H]3OS(=O)(=O)O)O[C@@H]2C(=O)O)O[C@H](CO)[C@H](OS(=O)(=O)O)[C@@H]1O. The maximum Gasteiger partial charge on any atom is 0.397 e. The highest BCUT2D eigenvalue weighted by Gasteiger charge is 2.60. The van der Waals surface area contributed by atoms with E-state index in [0.29, 0.717) is 0 Å². The number of ether oxygens (including phenoxy) is 9. The van der Waals surface area contributed by atoms with Crippen LogP contribution in [0.3, 0.4) is 0 Å². The summed E-state index contributed by atoms with van der Waals surface area (Å²) in [6.07, 6.45) is -53.3. The molecule has 3 amide bonds. The first kappa shape index (κ1) is 66.0. The normalized spacial score (nSPS) is 41.4. The number of carboxylic acid groups (broad SMARTS) is 2. The Morgan fingerprint density at radius 1 is 0.405 bits per heavy atom. The zero-order valence-corrected chi connectivity index (χ0v) is 42.9. The maximum atomic E-state index is 12.9. The zero-order chi connectivity index (χ0) is 59.5. The van der Waals surface area contributed by atoms with E-state index in [1.165, 1.54) is 0 Å². The smallest absolute Gasteiger partial charge is 0.397 e. The number of carboxylic acids is 2. The summed E-state index contributed by atoms with van der Waals surface area (Å²) in [5.41, 5.74) is 0. The van der Waals surface area contributed by atoms with Crippen molar-refractivity contribution in [1.29, 1.82) is 0 Å². The van der Waals surface area contributed by atoms with E-state index in [4.69, 9.17) is 46.8 Å². The van der Waals surface area contributed by atoms with Gasteiger partial charge in [-0.3, -0.25) is 28.0 Å². The van der Waals surface area contributed by atoms with Gasteiger partial charge in [0.2, 0.25) is 17.7 Å². The highest BCUT2D eigenvalue weighted by molar-refractivity contribution is 7.81. The number of amides is 3. The van der Waals surface area contributed by atoms with Crippen molar-refractivity contribution in [3.05, 3.63) is 0 Å². The summed E-state index contributed by atoms with van der Waals surface area (Å²) < 4.78 is 163. The summed E-state index contributed by atoms with van der Waals surface area (Å²) in [6.45, 7) is -1.41. The average Bonchev–Trinajstić information content (AvgIpc) is 3.41. The van der Waals surface area contributed by atoms with Crippen LogP contribution in [0.25, 0.3) is 0 Å². The zero-order valence-electron chi connectivity index (χ0n) is 40.4. The van der Waals surface area contributed by atoms with Crippen LogP contribution in [0.5, 0.6) is 0 Å². The second-order valence-corrected chi connectivity index (χ2v) is 20.9. The van der Waals surface area contributed by atoms with Crippen molar-refractivity contribution in [2.75, 3.05) is 19.8 Å². The Balaban J connectivity index is 1.50. The van der Waals surface area contributed by atoms with Crippen LogP contribution >= 0.6 is 0 Å². The van der Waals surface area contributed by atoms with Crippen molar-refractivity contribution in [1.82, 2.24) is 16.0 Å². The molecule has 79 heavy (non-hydrogen) atoms. The first-order chi connectivity index (χ1) is 36.5. The lowest BCUT2D eigenvalue weighted by molar-refractivity contribution is -0.372. The molecule has 5 aliphatic rings. The van der Waals surface area contributed by atoms with Crippen LogP contribution in [0.15, 0.2) is 0 Å². The van der Waals surface area contributed by atoms with Crippen LogP contribution in [0, 0.1) is 0 Å². The van der Waals surface area contributed by atoms with E-state index < -0.39 is 234 Å². The van der Waals surface area contributed by atoms with Crippen molar-refractivity contribution < 1.29 is 174 Å². The molecule has 1 unspecified atom stereocenters. The van der Waals surface area contributed by atoms with Gasteiger partial charge in [0, 0.05) is 20.8 Å². The molecular weight excluding hydrogens is 1160 g/mol. The highest BCUT2D eigenvalue weighted by atomic mass is 32.3. The van der Waals surface area contributed by atoms with E-state index in [9.17, 15) is 119 Å². The monoisotopic (exact) mass is 1220 g/mol. The number of aliphatic carboxylic acids is 2. The summed E-state index contributed by atoms with van der Waals surface area (Å²) in [5.74, 6) is -7.42. The van der Waals surface area contributed by atoms with E-state index in [1.54, 1.807) is 0 Å². The molecule has 5 saturated heterocycles. The summed E-state index contributed by atoms with van der Waals surface area (Å²) in [5, 5.41) is 125. The van der Waals surface area contributed by atoms with Gasteiger partial charge in [0.15, 0.2) is 43.7 Å². The highest BCUT2D eigenvalue weighted by Crippen LogP contribution is 2.38. The molecule has 0 bridgehead atoms. The van der Waals surface area contributed by atoms with Gasteiger partial charge in [-0.1, -0.05) is 0 Å². The second kappa shape index (κ2) is 26.7. The van der Waals surface area contributed by atoms with Gasteiger partial charge in [0.05, 0.1) is 19.8 Å². The van der Waals surface area contributed by atoms with Gasteiger partial charge >= 0.3 is 43.1 Å². The Labute approximate surface area is 444 Å². The molecule has 0 spiro atoms. The summed E-state index contributed by atoms with van der Waals surface area (Å²) in [6, 6.07) is -6.31. The molecule has 5 fully saturated rings. The predicted molar refractivity (Wildman–Crippen MR) is 234 cm³/mol. The minimum atomic E-state index is -5.77. The molecular formula is C36H57N3O37S3. The second-order valence-electron chi connectivity index (χ2n) is 17.7. The van der Waals surface area contributed by atoms with E-state index in [-0.39, 0.29) is 0 Å². The lowest BCUT2D eigenvalue weighted by Gasteiger charge is -2.50. The first-order valence-electron chi connectivity index (χ1n) is 22.5. The molecule has 5 aliphatic heterocycles. The molecule has 0 aromatic rings. The van der Waals surface area contributed by atoms with Crippen molar-refractivity contribution in [2.24, 2.45) is 0 Å². The van der Waals surface area contributed by atoms with Crippen LogP contribution in [0.2, 0.25) is 0 Å². The molecule has 43 heteroatoms. The number of rotatable bonds is 22. The van der Waals surface area contributed by atoms with Crippen LogP contribution in [0.4, 0.5) is 0 Å². The minimum absolute atomic E-state index is 0.756. The number of carbonyl (C=O) groups excluding carboxylic acids is 3. The van der Waals surface area contributed by atoms with E-state index in [1.807, 2.05) is 0 Å². The molecule has 5 rings (SSSR count). The van der Waals surface area contributed by atoms with Crippen LogP contribution in [0.1, 0.15) is 20.8 Å². The lowest BCUT2D eigenvalue weighted by atomic mass is 9.93. The van der Waals surface area contributed by atoms with E-state index >= 15 is 0 Å². The van der Waals surface area contributed by atoms with Crippen LogP contribution < -0.4 is 16.0 Å².